The van der Waals surface area contributed by atoms with Crippen LogP contribution < -0.4 is 0 Å². The normalized spacial score (nSPS) is 10.8. The maximum atomic E-state index is 5.02. The van der Waals surface area contributed by atoms with E-state index in [0.29, 0.717) is 0 Å². The zero-order chi connectivity index (χ0) is 10.1. The molecule has 0 aliphatic heterocycles. The summed E-state index contributed by atoms with van der Waals surface area (Å²) >= 11 is 0. The van der Waals surface area contributed by atoms with Gasteiger partial charge in [0.2, 0.25) is 0 Å². The van der Waals surface area contributed by atoms with E-state index < -0.39 is 0 Å². The van der Waals surface area contributed by atoms with Crippen molar-refractivity contribution in [2.45, 2.75) is 6.92 Å². The molecule has 0 aliphatic carbocycles. The van der Waals surface area contributed by atoms with Crippen LogP contribution in [0.15, 0.2) is 12.2 Å². The fourth-order valence-electron chi connectivity index (χ4n) is 1.09. The molecule has 0 amide bonds. The van der Waals surface area contributed by atoms with Crippen LogP contribution >= 0.6 is 0 Å². The third-order valence-electron chi connectivity index (χ3n) is 1.72. The zero-order valence-electron chi connectivity index (χ0n) is 9.01. The van der Waals surface area contributed by atoms with Gasteiger partial charge >= 0.3 is 0 Å². The fraction of sp³-hybridized carbons (Fsp3) is 0.800. The Morgan fingerprint density at radius 1 is 1.15 bits per heavy atom. The van der Waals surface area contributed by atoms with Gasteiger partial charge in [-0.15, -0.1) is 0 Å². The van der Waals surface area contributed by atoms with Crippen molar-refractivity contribution in [1.82, 2.24) is 4.90 Å². The standard InChI is InChI=1S/C10H21NO2/c1-10(2)9-11(5-7-12-3)6-8-13-4/h1,5-9H2,2-4H3. The molecule has 0 aliphatic rings. The van der Waals surface area contributed by atoms with Gasteiger partial charge in [-0.3, -0.25) is 4.90 Å². The Hall–Kier alpha value is -0.380. The molecule has 0 aromatic heterocycles. The molecule has 3 heteroatoms. The van der Waals surface area contributed by atoms with Gasteiger partial charge in [0, 0.05) is 33.9 Å². The predicted molar refractivity (Wildman–Crippen MR) is 55.0 cm³/mol. The van der Waals surface area contributed by atoms with Gasteiger partial charge < -0.3 is 9.47 Å². The Labute approximate surface area is 81.3 Å². The van der Waals surface area contributed by atoms with Crippen molar-refractivity contribution in [3.05, 3.63) is 12.2 Å². The number of nitrogens with zero attached hydrogens (tertiary/aromatic N) is 1. The van der Waals surface area contributed by atoms with Crippen molar-refractivity contribution in [2.24, 2.45) is 0 Å². The van der Waals surface area contributed by atoms with Crippen LogP contribution in [0.3, 0.4) is 0 Å². The number of hydrogen-bond acceptors (Lipinski definition) is 3. The van der Waals surface area contributed by atoms with E-state index in [1.54, 1.807) is 14.2 Å². The highest BCUT2D eigenvalue weighted by molar-refractivity contribution is 4.91. The minimum absolute atomic E-state index is 0.761. The molecular formula is C10H21NO2. The predicted octanol–water partition coefficient (Wildman–Crippen LogP) is 1.16. The minimum Gasteiger partial charge on any atom is -0.383 e. The van der Waals surface area contributed by atoms with Gasteiger partial charge in [-0.25, -0.2) is 0 Å². The van der Waals surface area contributed by atoms with Gasteiger partial charge in [0.1, 0.15) is 0 Å². The van der Waals surface area contributed by atoms with Gasteiger partial charge in [-0.05, 0) is 6.92 Å². The largest absolute Gasteiger partial charge is 0.383 e. The lowest BCUT2D eigenvalue weighted by molar-refractivity contribution is 0.119. The molecule has 0 rings (SSSR count). The smallest absolute Gasteiger partial charge is 0.0589 e. The molecule has 0 radical (unpaired) electrons. The molecule has 0 saturated heterocycles. The van der Waals surface area contributed by atoms with Gasteiger partial charge in [0.05, 0.1) is 13.2 Å². The Balaban J connectivity index is 3.66. The maximum absolute atomic E-state index is 5.02. The van der Waals surface area contributed by atoms with E-state index >= 15 is 0 Å². The summed E-state index contributed by atoms with van der Waals surface area (Å²) in [5.74, 6) is 0. The molecule has 0 bridgehead atoms. The topological polar surface area (TPSA) is 21.7 Å². The number of ether oxygens (including phenoxy) is 2. The van der Waals surface area contributed by atoms with Crippen LogP contribution in [-0.2, 0) is 9.47 Å². The van der Waals surface area contributed by atoms with Crippen molar-refractivity contribution < 1.29 is 9.47 Å². The van der Waals surface area contributed by atoms with Crippen LogP contribution in [-0.4, -0.2) is 52.0 Å². The van der Waals surface area contributed by atoms with Crippen molar-refractivity contribution in [3.63, 3.8) is 0 Å². The second-order valence-electron chi connectivity index (χ2n) is 3.22. The van der Waals surface area contributed by atoms with Gasteiger partial charge in [0.25, 0.3) is 0 Å². The second-order valence-corrected chi connectivity index (χ2v) is 3.22. The van der Waals surface area contributed by atoms with E-state index in [2.05, 4.69) is 11.5 Å². The first-order valence-electron chi connectivity index (χ1n) is 4.55. The first kappa shape index (κ1) is 12.6. The van der Waals surface area contributed by atoms with Gasteiger partial charge in [0.15, 0.2) is 0 Å². The van der Waals surface area contributed by atoms with Crippen LogP contribution in [0.4, 0.5) is 0 Å². The monoisotopic (exact) mass is 187 g/mol. The summed E-state index contributed by atoms with van der Waals surface area (Å²) in [5.41, 5.74) is 1.17. The molecule has 0 saturated carbocycles. The lowest BCUT2D eigenvalue weighted by Crippen LogP contribution is -2.32. The number of hydrogen-bond donors (Lipinski definition) is 0. The summed E-state index contributed by atoms with van der Waals surface area (Å²) < 4.78 is 10.0. The number of methoxy groups -OCH3 is 2. The van der Waals surface area contributed by atoms with E-state index in [-0.39, 0.29) is 0 Å². The third kappa shape index (κ3) is 7.96. The van der Waals surface area contributed by atoms with Gasteiger partial charge in [-0.2, -0.15) is 0 Å². The summed E-state index contributed by atoms with van der Waals surface area (Å²) in [6, 6.07) is 0. The molecule has 0 fully saturated rings. The van der Waals surface area contributed by atoms with Crippen LogP contribution in [0, 0.1) is 0 Å². The minimum atomic E-state index is 0.761. The molecule has 78 valence electrons. The summed E-state index contributed by atoms with van der Waals surface area (Å²) in [6.07, 6.45) is 0. The Morgan fingerprint density at radius 3 is 1.92 bits per heavy atom. The van der Waals surface area contributed by atoms with E-state index in [9.17, 15) is 0 Å². The average molecular weight is 187 g/mol. The van der Waals surface area contributed by atoms with Crippen LogP contribution in [0.25, 0.3) is 0 Å². The summed E-state index contributed by atoms with van der Waals surface area (Å²) in [6.45, 7) is 10.2. The zero-order valence-corrected chi connectivity index (χ0v) is 9.01. The molecule has 0 spiro atoms. The highest BCUT2D eigenvalue weighted by atomic mass is 16.5. The molecule has 0 atom stereocenters. The van der Waals surface area contributed by atoms with Gasteiger partial charge in [-0.1, -0.05) is 12.2 Å². The molecule has 0 aromatic rings. The summed E-state index contributed by atoms with van der Waals surface area (Å²) in [4.78, 5) is 2.27. The van der Waals surface area contributed by atoms with E-state index in [0.717, 1.165) is 32.8 Å². The Morgan fingerprint density at radius 2 is 1.62 bits per heavy atom. The highest BCUT2D eigenvalue weighted by Crippen LogP contribution is 1.95. The lowest BCUT2D eigenvalue weighted by Gasteiger charge is -2.21. The van der Waals surface area contributed by atoms with Crippen molar-refractivity contribution in [1.29, 1.82) is 0 Å². The summed E-state index contributed by atoms with van der Waals surface area (Å²) in [5, 5.41) is 0. The number of rotatable bonds is 8. The molecule has 0 aromatic carbocycles. The Kier molecular flexibility index (Phi) is 7.99. The molecule has 13 heavy (non-hydrogen) atoms. The molecule has 0 N–H and O–H groups in total. The van der Waals surface area contributed by atoms with Crippen LogP contribution in [0.5, 0.6) is 0 Å². The van der Waals surface area contributed by atoms with Crippen molar-refractivity contribution in [2.75, 3.05) is 47.1 Å². The van der Waals surface area contributed by atoms with Crippen molar-refractivity contribution in [3.8, 4) is 0 Å². The Bertz CT molecular complexity index is 129. The third-order valence-corrected chi connectivity index (χ3v) is 1.72. The SMILES string of the molecule is C=C(C)CN(CCOC)CCOC. The molecule has 0 heterocycles. The molecular weight excluding hydrogens is 166 g/mol. The first-order chi connectivity index (χ1) is 6.20. The van der Waals surface area contributed by atoms with E-state index in [4.69, 9.17) is 9.47 Å². The second kappa shape index (κ2) is 8.23. The van der Waals surface area contributed by atoms with E-state index in [1.165, 1.54) is 5.57 Å². The molecule has 0 unspecified atom stereocenters. The lowest BCUT2D eigenvalue weighted by atomic mass is 10.3. The molecule has 3 nitrogen and oxygen atoms in total. The fourth-order valence-corrected chi connectivity index (χ4v) is 1.09. The maximum Gasteiger partial charge on any atom is 0.0589 e. The first-order valence-corrected chi connectivity index (χ1v) is 4.55. The average Bonchev–Trinajstić information content (AvgIpc) is 2.09. The van der Waals surface area contributed by atoms with E-state index in [1.807, 2.05) is 6.92 Å². The quantitative estimate of drug-likeness (QED) is 0.532. The highest BCUT2D eigenvalue weighted by Gasteiger charge is 2.03. The van der Waals surface area contributed by atoms with Crippen LogP contribution in [0.2, 0.25) is 0 Å². The van der Waals surface area contributed by atoms with Crippen LogP contribution in [0.1, 0.15) is 6.92 Å². The summed E-state index contributed by atoms with van der Waals surface area (Å²) in [7, 11) is 3.44. The van der Waals surface area contributed by atoms with Crippen molar-refractivity contribution >= 4 is 0 Å².